The average Bonchev–Trinajstić information content (AvgIpc) is 2.38. The zero-order valence-electron chi connectivity index (χ0n) is 12.5. The van der Waals surface area contributed by atoms with Gasteiger partial charge in [0.05, 0.1) is 6.54 Å². The van der Waals surface area contributed by atoms with E-state index in [0.29, 0.717) is 19.0 Å². The van der Waals surface area contributed by atoms with Crippen LogP contribution in [-0.4, -0.2) is 25.0 Å². The quantitative estimate of drug-likeness (QED) is 0.296. The SMILES string of the molecule is C=C(C)CN=C(N)NCCc1ccc(NC(C)=O)cc1.I. The molecule has 1 aromatic carbocycles. The molecule has 116 valence electrons. The Bertz CT molecular complexity index is 497. The van der Waals surface area contributed by atoms with Crippen LogP contribution in [0.3, 0.4) is 0 Å². The number of nitrogens with one attached hydrogen (secondary N) is 2. The number of hydrogen-bond donors (Lipinski definition) is 3. The molecule has 0 aliphatic carbocycles. The Morgan fingerprint density at radius 3 is 2.43 bits per heavy atom. The van der Waals surface area contributed by atoms with Crippen LogP contribution in [-0.2, 0) is 11.2 Å². The number of benzene rings is 1. The van der Waals surface area contributed by atoms with Crippen molar-refractivity contribution in [2.45, 2.75) is 20.3 Å². The van der Waals surface area contributed by atoms with Gasteiger partial charge in [-0.15, -0.1) is 24.0 Å². The summed E-state index contributed by atoms with van der Waals surface area (Å²) in [6, 6.07) is 7.73. The highest BCUT2D eigenvalue weighted by molar-refractivity contribution is 14.0. The minimum absolute atomic E-state index is 0. The van der Waals surface area contributed by atoms with Crippen molar-refractivity contribution in [2.75, 3.05) is 18.4 Å². The maximum absolute atomic E-state index is 10.9. The van der Waals surface area contributed by atoms with Crippen LogP contribution in [0, 0.1) is 0 Å². The van der Waals surface area contributed by atoms with Gasteiger partial charge in [0.25, 0.3) is 0 Å². The molecule has 0 bridgehead atoms. The first-order valence-corrected chi connectivity index (χ1v) is 6.52. The maximum Gasteiger partial charge on any atom is 0.221 e. The van der Waals surface area contributed by atoms with Gasteiger partial charge in [0.1, 0.15) is 0 Å². The Hall–Kier alpha value is -1.57. The molecule has 0 aliphatic heterocycles. The summed E-state index contributed by atoms with van der Waals surface area (Å²) in [5.41, 5.74) is 8.66. The number of carbonyl (C=O) groups is 1. The van der Waals surface area contributed by atoms with Crippen LogP contribution < -0.4 is 16.4 Å². The predicted molar refractivity (Wildman–Crippen MR) is 99.2 cm³/mol. The van der Waals surface area contributed by atoms with E-state index in [1.54, 1.807) is 0 Å². The third-order valence-electron chi connectivity index (χ3n) is 2.51. The van der Waals surface area contributed by atoms with Crippen molar-refractivity contribution in [1.82, 2.24) is 5.32 Å². The zero-order valence-corrected chi connectivity index (χ0v) is 14.8. The molecule has 0 heterocycles. The van der Waals surface area contributed by atoms with Gasteiger partial charge < -0.3 is 16.4 Å². The minimum Gasteiger partial charge on any atom is -0.370 e. The largest absolute Gasteiger partial charge is 0.370 e. The van der Waals surface area contributed by atoms with Gasteiger partial charge in [0.2, 0.25) is 5.91 Å². The number of nitrogens with two attached hydrogens (primary N) is 1. The first-order chi connectivity index (χ1) is 9.47. The van der Waals surface area contributed by atoms with E-state index in [2.05, 4.69) is 22.2 Å². The zero-order chi connectivity index (χ0) is 15.0. The first kappa shape index (κ1) is 19.4. The van der Waals surface area contributed by atoms with Gasteiger partial charge in [-0.2, -0.15) is 0 Å². The Morgan fingerprint density at radius 1 is 1.29 bits per heavy atom. The summed E-state index contributed by atoms with van der Waals surface area (Å²) in [5, 5.41) is 5.78. The standard InChI is InChI=1S/C15H22N4O.HI/c1-11(2)10-18-15(16)17-9-8-13-4-6-14(7-5-13)19-12(3)20;/h4-7H,1,8-10H2,2-3H3,(H,19,20)(H3,16,17,18);1H. The van der Waals surface area contributed by atoms with Crippen LogP contribution >= 0.6 is 24.0 Å². The summed E-state index contributed by atoms with van der Waals surface area (Å²) in [5.74, 6) is 0.365. The number of aliphatic imine (C=N–C) groups is 1. The molecule has 0 spiro atoms. The lowest BCUT2D eigenvalue weighted by atomic mass is 10.1. The number of halogens is 1. The highest BCUT2D eigenvalue weighted by Crippen LogP contribution is 2.09. The molecule has 0 aromatic heterocycles. The molecule has 21 heavy (non-hydrogen) atoms. The normalized spacial score (nSPS) is 10.5. The molecule has 0 aliphatic rings. The molecular formula is C15H23IN4O. The molecule has 1 aromatic rings. The molecule has 0 atom stereocenters. The fraction of sp³-hybridized carbons (Fsp3) is 0.333. The molecule has 5 nitrogen and oxygen atoms in total. The van der Waals surface area contributed by atoms with Crippen LogP contribution in [0.4, 0.5) is 5.69 Å². The van der Waals surface area contributed by atoms with Gasteiger partial charge in [-0.05, 0) is 31.0 Å². The Labute approximate surface area is 143 Å². The van der Waals surface area contributed by atoms with Crippen LogP contribution in [0.2, 0.25) is 0 Å². The van der Waals surface area contributed by atoms with Gasteiger partial charge in [-0.25, -0.2) is 4.99 Å². The van der Waals surface area contributed by atoms with Gasteiger partial charge in [-0.3, -0.25) is 4.79 Å². The van der Waals surface area contributed by atoms with E-state index in [4.69, 9.17) is 5.73 Å². The maximum atomic E-state index is 10.9. The second-order valence-electron chi connectivity index (χ2n) is 4.71. The van der Waals surface area contributed by atoms with Crippen LogP contribution in [0.1, 0.15) is 19.4 Å². The molecule has 0 unspecified atom stereocenters. The van der Waals surface area contributed by atoms with E-state index in [9.17, 15) is 4.79 Å². The molecule has 0 saturated carbocycles. The van der Waals surface area contributed by atoms with Crippen molar-refractivity contribution < 1.29 is 4.79 Å². The number of carbonyl (C=O) groups excluding carboxylic acids is 1. The number of nitrogens with zero attached hydrogens (tertiary/aromatic N) is 1. The monoisotopic (exact) mass is 402 g/mol. The van der Waals surface area contributed by atoms with E-state index >= 15 is 0 Å². The summed E-state index contributed by atoms with van der Waals surface area (Å²) >= 11 is 0. The topological polar surface area (TPSA) is 79.5 Å². The van der Waals surface area contributed by atoms with E-state index in [0.717, 1.165) is 17.7 Å². The van der Waals surface area contributed by atoms with Crippen molar-refractivity contribution in [3.63, 3.8) is 0 Å². The summed E-state index contributed by atoms with van der Waals surface area (Å²) < 4.78 is 0. The smallest absolute Gasteiger partial charge is 0.221 e. The van der Waals surface area contributed by atoms with Crippen molar-refractivity contribution in [3.8, 4) is 0 Å². The van der Waals surface area contributed by atoms with E-state index in [-0.39, 0.29) is 29.9 Å². The Balaban J connectivity index is 0.00000400. The van der Waals surface area contributed by atoms with E-state index < -0.39 is 0 Å². The average molecular weight is 402 g/mol. The summed E-state index contributed by atoms with van der Waals surface area (Å²) in [6.07, 6.45) is 0.837. The summed E-state index contributed by atoms with van der Waals surface area (Å²) in [7, 11) is 0. The lowest BCUT2D eigenvalue weighted by Gasteiger charge is -2.07. The van der Waals surface area contributed by atoms with Gasteiger partial charge >= 0.3 is 0 Å². The number of hydrogen-bond acceptors (Lipinski definition) is 2. The Kier molecular flexibility index (Phi) is 9.44. The molecule has 4 N–H and O–H groups in total. The third-order valence-corrected chi connectivity index (χ3v) is 2.51. The number of rotatable bonds is 6. The van der Waals surface area contributed by atoms with Crippen molar-refractivity contribution in [3.05, 3.63) is 42.0 Å². The lowest BCUT2D eigenvalue weighted by molar-refractivity contribution is -0.114. The second kappa shape index (κ2) is 10.2. The highest BCUT2D eigenvalue weighted by atomic mass is 127. The molecule has 6 heteroatoms. The van der Waals surface area contributed by atoms with Crippen LogP contribution in [0.25, 0.3) is 0 Å². The molecule has 1 rings (SSSR count). The molecule has 0 radical (unpaired) electrons. The molecule has 1 amide bonds. The summed E-state index contributed by atoms with van der Waals surface area (Å²) in [6.45, 7) is 8.42. The second-order valence-corrected chi connectivity index (χ2v) is 4.71. The fourth-order valence-electron chi connectivity index (χ4n) is 1.57. The van der Waals surface area contributed by atoms with E-state index in [1.807, 2.05) is 31.2 Å². The number of guanidine groups is 1. The minimum atomic E-state index is -0.0686. The fourth-order valence-corrected chi connectivity index (χ4v) is 1.57. The first-order valence-electron chi connectivity index (χ1n) is 6.52. The Morgan fingerprint density at radius 2 is 1.90 bits per heavy atom. The van der Waals surface area contributed by atoms with Crippen molar-refractivity contribution in [1.29, 1.82) is 0 Å². The van der Waals surface area contributed by atoms with Crippen LogP contribution in [0.15, 0.2) is 41.4 Å². The molecular weight excluding hydrogens is 379 g/mol. The lowest BCUT2D eigenvalue weighted by Crippen LogP contribution is -2.33. The van der Waals surface area contributed by atoms with Crippen molar-refractivity contribution in [2.24, 2.45) is 10.7 Å². The molecule has 0 fully saturated rings. The van der Waals surface area contributed by atoms with Crippen LogP contribution in [0.5, 0.6) is 0 Å². The van der Waals surface area contributed by atoms with E-state index in [1.165, 1.54) is 12.5 Å². The predicted octanol–water partition coefficient (Wildman–Crippen LogP) is 2.29. The van der Waals surface area contributed by atoms with Gasteiger partial charge in [-0.1, -0.05) is 24.3 Å². The van der Waals surface area contributed by atoms with Gasteiger partial charge in [0.15, 0.2) is 5.96 Å². The van der Waals surface area contributed by atoms with Crippen molar-refractivity contribution >= 4 is 41.5 Å². The highest BCUT2D eigenvalue weighted by Gasteiger charge is 1.97. The number of anilines is 1. The third kappa shape index (κ3) is 9.06. The van der Waals surface area contributed by atoms with Gasteiger partial charge in [0, 0.05) is 19.2 Å². The number of amides is 1. The molecule has 0 saturated heterocycles. The summed E-state index contributed by atoms with van der Waals surface area (Å²) in [4.78, 5) is 15.0.